The molecule has 1 rings (SSSR count). The van der Waals surface area contributed by atoms with E-state index in [0.717, 1.165) is 5.56 Å². The van der Waals surface area contributed by atoms with Gasteiger partial charge in [-0.25, -0.2) is 8.78 Å². The molecule has 0 fully saturated rings. The van der Waals surface area contributed by atoms with Crippen molar-refractivity contribution in [2.45, 2.75) is 13.3 Å². The van der Waals surface area contributed by atoms with Crippen LogP contribution in [0.15, 0.2) is 30.0 Å². The summed E-state index contributed by atoms with van der Waals surface area (Å²) in [5, 5.41) is 19.9. The Morgan fingerprint density at radius 1 is 1.42 bits per heavy atom. The predicted molar refractivity (Wildman–Crippen MR) is 65.6 cm³/mol. The second kappa shape index (κ2) is 6.97. The molecule has 0 heterocycles. The van der Waals surface area contributed by atoms with Gasteiger partial charge in [0, 0.05) is 6.20 Å². The quantitative estimate of drug-likeness (QED) is 0.829. The van der Waals surface area contributed by atoms with Crippen molar-refractivity contribution < 1.29 is 13.5 Å². The molecule has 0 aromatic heterocycles. The fourth-order valence-corrected chi connectivity index (χ4v) is 1.26. The molecule has 98 valence electrons. The highest BCUT2D eigenvalue weighted by Gasteiger charge is 2.08. The molecule has 4 nitrogen and oxygen atoms in total. The van der Waals surface area contributed by atoms with E-state index in [0.29, 0.717) is 5.69 Å². The molecule has 0 spiro atoms. The molecule has 0 saturated carbocycles. The second-order valence-electron chi connectivity index (χ2n) is 3.63. The number of rotatable bonds is 5. The molecule has 0 bridgehead atoms. The lowest BCUT2D eigenvalue weighted by Gasteiger charge is -2.11. The van der Waals surface area contributed by atoms with Gasteiger partial charge >= 0.3 is 0 Å². The zero-order valence-electron chi connectivity index (χ0n) is 10.2. The number of benzene rings is 1. The highest BCUT2D eigenvalue weighted by Crippen LogP contribution is 2.26. The molecule has 0 aliphatic carbocycles. The number of halogens is 2. The molecular formula is C13H11F2N3O. The van der Waals surface area contributed by atoms with Gasteiger partial charge in [-0.3, -0.25) is 0 Å². The van der Waals surface area contributed by atoms with Crippen LogP contribution in [0.25, 0.3) is 0 Å². The third kappa shape index (κ3) is 4.64. The first-order chi connectivity index (χ1) is 9.06. The minimum Gasteiger partial charge on any atom is -0.485 e. The third-order valence-corrected chi connectivity index (χ3v) is 2.11. The molecule has 0 saturated heterocycles. The molecule has 0 aliphatic heterocycles. The predicted octanol–water partition coefficient (Wildman–Crippen LogP) is 2.98. The molecule has 0 atom stereocenters. The average molecular weight is 263 g/mol. The number of nitriles is 2. The van der Waals surface area contributed by atoms with Crippen LogP contribution in [-0.2, 0) is 0 Å². The fraction of sp³-hybridized carbons (Fsp3) is 0.231. The van der Waals surface area contributed by atoms with Crippen LogP contribution in [0.1, 0.15) is 5.56 Å². The Labute approximate surface area is 109 Å². The standard InChI is InChI=1S/C13H11F2N3O/c1-9-2-3-11(18-7-10(5-16)6-17)12(4-9)19-8-13(14)15/h2-4,7,13,18H,8H2,1H3. The molecule has 0 radical (unpaired) electrons. The molecule has 0 aliphatic rings. The van der Waals surface area contributed by atoms with Crippen LogP contribution in [-0.4, -0.2) is 13.0 Å². The van der Waals surface area contributed by atoms with Crippen molar-refractivity contribution in [3.05, 3.63) is 35.5 Å². The lowest BCUT2D eigenvalue weighted by Crippen LogP contribution is -2.08. The van der Waals surface area contributed by atoms with E-state index in [1.807, 2.05) is 0 Å². The van der Waals surface area contributed by atoms with E-state index in [-0.39, 0.29) is 11.3 Å². The molecule has 0 unspecified atom stereocenters. The van der Waals surface area contributed by atoms with Gasteiger partial charge in [-0.15, -0.1) is 0 Å². The Kier molecular flexibility index (Phi) is 5.31. The number of nitrogens with zero attached hydrogens (tertiary/aromatic N) is 2. The van der Waals surface area contributed by atoms with Gasteiger partial charge in [0.25, 0.3) is 6.43 Å². The molecule has 0 amide bonds. The number of hydrogen-bond donors (Lipinski definition) is 1. The molecule has 1 aromatic carbocycles. The first-order valence-corrected chi connectivity index (χ1v) is 5.35. The number of hydrogen-bond acceptors (Lipinski definition) is 4. The van der Waals surface area contributed by atoms with E-state index in [1.165, 1.54) is 6.20 Å². The minimum absolute atomic E-state index is 0.125. The first-order valence-electron chi connectivity index (χ1n) is 5.35. The highest BCUT2D eigenvalue weighted by atomic mass is 19.3. The Hall–Kier alpha value is -2.60. The van der Waals surface area contributed by atoms with E-state index in [9.17, 15) is 8.78 Å². The second-order valence-corrected chi connectivity index (χ2v) is 3.63. The van der Waals surface area contributed by atoms with Gasteiger partial charge in [-0.05, 0) is 24.6 Å². The van der Waals surface area contributed by atoms with Crippen molar-refractivity contribution in [2.75, 3.05) is 11.9 Å². The van der Waals surface area contributed by atoms with Crippen LogP contribution >= 0.6 is 0 Å². The Morgan fingerprint density at radius 3 is 2.68 bits per heavy atom. The van der Waals surface area contributed by atoms with Crippen molar-refractivity contribution in [1.82, 2.24) is 0 Å². The lowest BCUT2D eigenvalue weighted by atomic mass is 10.2. The van der Waals surface area contributed by atoms with Gasteiger partial charge in [0.1, 0.15) is 30.1 Å². The fourth-order valence-electron chi connectivity index (χ4n) is 1.26. The highest BCUT2D eigenvalue weighted by molar-refractivity contribution is 5.60. The molecule has 6 heteroatoms. The maximum atomic E-state index is 12.1. The number of aryl methyl sites for hydroxylation is 1. The lowest BCUT2D eigenvalue weighted by molar-refractivity contribution is 0.0822. The Morgan fingerprint density at radius 2 is 2.11 bits per heavy atom. The van der Waals surface area contributed by atoms with Crippen molar-refractivity contribution >= 4 is 5.69 Å². The summed E-state index contributed by atoms with van der Waals surface area (Å²) >= 11 is 0. The Balaban J connectivity index is 2.91. The van der Waals surface area contributed by atoms with Crippen LogP contribution in [0.5, 0.6) is 5.75 Å². The number of nitrogens with one attached hydrogen (secondary N) is 1. The van der Waals surface area contributed by atoms with Crippen molar-refractivity contribution in [1.29, 1.82) is 10.5 Å². The maximum absolute atomic E-state index is 12.1. The van der Waals surface area contributed by atoms with Crippen LogP contribution in [0.3, 0.4) is 0 Å². The SMILES string of the molecule is Cc1ccc(NC=C(C#N)C#N)c(OCC(F)F)c1. The van der Waals surface area contributed by atoms with Crippen LogP contribution in [0, 0.1) is 29.6 Å². The van der Waals surface area contributed by atoms with Crippen molar-refractivity contribution in [3.63, 3.8) is 0 Å². The summed E-state index contributed by atoms with van der Waals surface area (Å²) in [7, 11) is 0. The van der Waals surface area contributed by atoms with Gasteiger partial charge in [-0.2, -0.15) is 10.5 Å². The number of allylic oxidation sites excluding steroid dienone is 1. The van der Waals surface area contributed by atoms with Gasteiger partial charge in [0.15, 0.2) is 0 Å². The summed E-state index contributed by atoms with van der Waals surface area (Å²) in [6.07, 6.45) is -1.38. The van der Waals surface area contributed by atoms with Crippen LogP contribution in [0.4, 0.5) is 14.5 Å². The van der Waals surface area contributed by atoms with E-state index in [1.54, 1.807) is 37.3 Å². The van der Waals surface area contributed by atoms with E-state index in [4.69, 9.17) is 15.3 Å². The number of anilines is 1. The van der Waals surface area contributed by atoms with E-state index < -0.39 is 13.0 Å². The zero-order valence-corrected chi connectivity index (χ0v) is 10.2. The summed E-state index contributed by atoms with van der Waals surface area (Å²) in [5.41, 5.74) is 1.13. The maximum Gasteiger partial charge on any atom is 0.272 e. The summed E-state index contributed by atoms with van der Waals surface area (Å²) in [4.78, 5) is 0. The number of alkyl halides is 2. The van der Waals surface area contributed by atoms with Gasteiger partial charge in [0.05, 0.1) is 5.69 Å². The van der Waals surface area contributed by atoms with Crippen molar-refractivity contribution in [2.24, 2.45) is 0 Å². The minimum atomic E-state index is -2.57. The van der Waals surface area contributed by atoms with Crippen LogP contribution in [0.2, 0.25) is 0 Å². The topological polar surface area (TPSA) is 68.8 Å². The average Bonchev–Trinajstić information content (AvgIpc) is 2.39. The zero-order chi connectivity index (χ0) is 14.3. The van der Waals surface area contributed by atoms with Gasteiger partial charge in [0.2, 0.25) is 0 Å². The summed E-state index contributed by atoms with van der Waals surface area (Å²) in [5.74, 6) is 0.242. The monoisotopic (exact) mass is 263 g/mol. The smallest absolute Gasteiger partial charge is 0.272 e. The number of ether oxygens (including phenoxy) is 1. The van der Waals surface area contributed by atoms with Gasteiger partial charge in [-0.1, -0.05) is 6.07 Å². The Bertz CT molecular complexity index is 540. The van der Waals surface area contributed by atoms with Crippen LogP contribution < -0.4 is 10.1 Å². The summed E-state index contributed by atoms with van der Waals surface area (Å²) in [6, 6.07) is 8.33. The summed E-state index contributed by atoms with van der Waals surface area (Å²) < 4.78 is 29.2. The molecular weight excluding hydrogens is 252 g/mol. The molecule has 19 heavy (non-hydrogen) atoms. The van der Waals surface area contributed by atoms with E-state index in [2.05, 4.69) is 5.32 Å². The summed E-state index contributed by atoms with van der Waals surface area (Å²) in [6.45, 7) is 1.08. The van der Waals surface area contributed by atoms with E-state index >= 15 is 0 Å². The first kappa shape index (κ1) is 14.5. The van der Waals surface area contributed by atoms with Crippen molar-refractivity contribution in [3.8, 4) is 17.9 Å². The van der Waals surface area contributed by atoms with Gasteiger partial charge < -0.3 is 10.1 Å². The molecule has 1 aromatic rings. The normalized spacial score (nSPS) is 9.37. The molecule has 1 N–H and O–H groups in total. The third-order valence-electron chi connectivity index (χ3n) is 2.11. The largest absolute Gasteiger partial charge is 0.485 e.